The molecule has 0 amide bonds. The van der Waals surface area contributed by atoms with E-state index >= 15 is 0 Å². The van der Waals surface area contributed by atoms with Gasteiger partial charge < -0.3 is 15.5 Å². The number of piperidine rings is 1. The number of anilines is 2. The summed E-state index contributed by atoms with van der Waals surface area (Å²) >= 11 is 0. The smallest absolute Gasteiger partial charge is 0.273 e. The van der Waals surface area contributed by atoms with E-state index in [9.17, 15) is 10.1 Å². The molecule has 1 aliphatic rings. The molecule has 104 valence electrons. The van der Waals surface area contributed by atoms with Gasteiger partial charge in [-0.05, 0) is 33.0 Å². The minimum atomic E-state index is -0.396. The van der Waals surface area contributed by atoms with E-state index in [-0.39, 0.29) is 5.69 Å². The highest BCUT2D eigenvalue weighted by atomic mass is 16.6. The van der Waals surface area contributed by atoms with Gasteiger partial charge in [-0.3, -0.25) is 10.1 Å². The van der Waals surface area contributed by atoms with Crippen molar-refractivity contribution >= 4 is 17.1 Å². The van der Waals surface area contributed by atoms with Crippen LogP contribution in [-0.4, -0.2) is 43.0 Å². The quantitative estimate of drug-likeness (QED) is 0.511. The van der Waals surface area contributed by atoms with Crippen molar-refractivity contribution in [2.45, 2.75) is 18.9 Å². The van der Waals surface area contributed by atoms with Gasteiger partial charge in [0.05, 0.1) is 4.92 Å². The number of rotatable bonds is 3. The van der Waals surface area contributed by atoms with Gasteiger partial charge >= 0.3 is 0 Å². The Labute approximate surface area is 112 Å². The van der Waals surface area contributed by atoms with E-state index in [4.69, 9.17) is 5.73 Å². The maximum atomic E-state index is 10.9. The van der Waals surface area contributed by atoms with Crippen LogP contribution < -0.4 is 10.6 Å². The minimum Gasteiger partial charge on any atom is -0.398 e. The summed E-state index contributed by atoms with van der Waals surface area (Å²) < 4.78 is 0. The van der Waals surface area contributed by atoms with E-state index in [1.807, 2.05) is 6.07 Å². The number of hydrogen-bond acceptors (Lipinski definition) is 5. The third-order valence-corrected chi connectivity index (χ3v) is 3.63. The standard InChI is InChI=1S/C13H20N4O2/c1-15(2)11-4-3-5-16(9-11)12-6-10(14)7-13(8-12)17(18)19/h6-8,11H,3-5,9,14H2,1-2H3. The summed E-state index contributed by atoms with van der Waals surface area (Å²) in [7, 11) is 4.13. The van der Waals surface area contributed by atoms with Gasteiger partial charge in [0.1, 0.15) is 0 Å². The van der Waals surface area contributed by atoms with Crippen molar-refractivity contribution in [3.63, 3.8) is 0 Å². The highest BCUT2D eigenvalue weighted by molar-refractivity contribution is 5.63. The number of nitrogens with two attached hydrogens (primary N) is 1. The third kappa shape index (κ3) is 3.14. The molecule has 0 radical (unpaired) electrons. The molecule has 6 nitrogen and oxygen atoms in total. The molecule has 1 aliphatic heterocycles. The molecule has 1 atom stereocenters. The maximum Gasteiger partial charge on any atom is 0.273 e. The van der Waals surface area contributed by atoms with Crippen molar-refractivity contribution in [1.82, 2.24) is 4.90 Å². The van der Waals surface area contributed by atoms with Gasteiger partial charge in [-0.15, -0.1) is 0 Å². The van der Waals surface area contributed by atoms with Crippen LogP contribution in [0.5, 0.6) is 0 Å². The fourth-order valence-corrected chi connectivity index (χ4v) is 2.52. The van der Waals surface area contributed by atoms with Crippen molar-refractivity contribution in [1.29, 1.82) is 0 Å². The average molecular weight is 264 g/mol. The van der Waals surface area contributed by atoms with Gasteiger partial charge in [-0.2, -0.15) is 0 Å². The fraction of sp³-hybridized carbons (Fsp3) is 0.538. The van der Waals surface area contributed by atoms with E-state index in [1.54, 1.807) is 6.07 Å². The molecular weight excluding hydrogens is 244 g/mol. The number of nitro benzene ring substituents is 1. The molecule has 0 bridgehead atoms. The largest absolute Gasteiger partial charge is 0.398 e. The summed E-state index contributed by atoms with van der Waals surface area (Å²) in [5, 5.41) is 10.9. The molecule has 1 saturated heterocycles. The second-order valence-electron chi connectivity index (χ2n) is 5.25. The van der Waals surface area contributed by atoms with E-state index in [0.717, 1.165) is 31.6 Å². The van der Waals surface area contributed by atoms with Gasteiger partial charge in [0.2, 0.25) is 0 Å². The van der Waals surface area contributed by atoms with E-state index in [0.29, 0.717) is 11.7 Å². The molecule has 1 unspecified atom stereocenters. The van der Waals surface area contributed by atoms with Crippen molar-refractivity contribution in [3.8, 4) is 0 Å². The Hall–Kier alpha value is -1.82. The zero-order chi connectivity index (χ0) is 14.0. The fourth-order valence-electron chi connectivity index (χ4n) is 2.52. The van der Waals surface area contributed by atoms with Crippen LogP contribution in [0.15, 0.2) is 18.2 Å². The zero-order valence-corrected chi connectivity index (χ0v) is 11.4. The van der Waals surface area contributed by atoms with Crippen molar-refractivity contribution in [3.05, 3.63) is 28.3 Å². The monoisotopic (exact) mass is 264 g/mol. The first kappa shape index (κ1) is 13.6. The van der Waals surface area contributed by atoms with Gasteiger partial charge in [0, 0.05) is 42.6 Å². The summed E-state index contributed by atoms with van der Waals surface area (Å²) in [6.45, 7) is 1.80. The van der Waals surface area contributed by atoms with Gasteiger partial charge in [-0.25, -0.2) is 0 Å². The molecular formula is C13H20N4O2. The van der Waals surface area contributed by atoms with Crippen LogP contribution in [0.1, 0.15) is 12.8 Å². The molecule has 19 heavy (non-hydrogen) atoms. The lowest BCUT2D eigenvalue weighted by atomic mass is 10.0. The second-order valence-corrected chi connectivity index (χ2v) is 5.25. The Morgan fingerprint density at radius 1 is 1.42 bits per heavy atom. The Kier molecular flexibility index (Phi) is 3.90. The number of nitrogens with zero attached hydrogens (tertiary/aromatic N) is 3. The molecule has 0 spiro atoms. The van der Waals surface area contributed by atoms with Crippen LogP contribution in [-0.2, 0) is 0 Å². The lowest BCUT2D eigenvalue weighted by molar-refractivity contribution is -0.384. The number of likely N-dealkylation sites (N-methyl/N-ethyl adjacent to an activating group) is 1. The molecule has 0 saturated carbocycles. The number of non-ortho nitro benzene ring substituents is 1. The zero-order valence-electron chi connectivity index (χ0n) is 11.4. The SMILES string of the molecule is CN(C)C1CCCN(c2cc(N)cc([N+](=O)[O-])c2)C1. The summed E-state index contributed by atoms with van der Waals surface area (Å²) in [6, 6.07) is 5.30. The summed E-state index contributed by atoms with van der Waals surface area (Å²) in [5.41, 5.74) is 7.10. The molecule has 1 aromatic rings. The molecule has 2 N–H and O–H groups in total. The predicted octanol–water partition coefficient (Wildman–Crippen LogP) is 1.71. The van der Waals surface area contributed by atoms with Crippen LogP contribution in [0.2, 0.25) is 0 Å². The van der Waals surface area contributed by atoms with E-state index < -0.39 is 4.92 Å². The number of hydrogen-bond donors (Lipinski definition) is 1. The number of nitrogen functional groups attached to an aromatic ring is 1. The van der Waals surface area contributed by atoms with Crippen molar-refractivity contribution in [2.24, 2.45) is 0 Å². The molecule has 1 heterocycles. The first-order chi connectivity index (χ1) is 8.97. The molecule has 1 aromatic carbocycles. The Bertz CT molecular complexity index is 476. The highest BCUT2D eigenvalue weighted by Crippen LogP contribution is 2.28. The molecule has 2 rings (SSSR count). The van der Waals surface area contributed by atoms with Crippen LogP contribution in [0.3, 0.4) is 0 Å². The van der Waals surface area contributed by atoms with Gasteiger partial charge in [0.15, 0.2) is 0 Å². The topological polar surface area (TPSA) is 75.6 Å². The van der Waals surface area contributed by atoms with E-state index in [2.05, 4.69) is 23.9 Å². The molecule has 6 heteroatoms. The molecule has 0 aliphatic carbocycles. The van der Waals surface area contributed by atoms with E-state index in [1.165, 1.54) is 6.07 Å². The highest BCUT2D eigenvalue weighted by Gasteiger charge is 2.23. The Morgan fingerprint density at radius 3 is 2.79 bits per heavy atom. The number of benzene rings is 1. The second kappa shape index (κ2) is 5.44. The predicted molar refractivity (Wildman–Crippen MR) is 76.4 cm³/mol. The maximum absolute atomic E-state index is 10.9. The van der Waals surface area contributed by atoms with Gasteiger partial charge in [-0.1, -0.05) is 0 Å². The average Bonchev–Trinajstić information content (AvgIpc) is 2.38. The van der Waals surface area contributed by atoms with Crippen LogP contribution in [0, 0.1) is 10.1 Å². The summed E-state index contributed by atoms with van der Waals surface area (Å²) in [6.07, 6.45) is 2.25. The van der Waals surface area contributed by atoms with Gasteiger partial charge in [0.25, 0.3) is 5.69 Å². The molecule has 1 fully saturated rings. The van der Waals surface area contributed by atoms with Crippen molar-refractivity contribution in [2.75, 3.05) is 37.8 Å². The third-order valence-electron chi connectivity index (χ3n) is 3.63. The summed E-state index contributed by atoms with van der Waals surface area (Å²) in [5.74, 6) is 0. The van der Waals surface area contributed by atoms with Crippen LogP contribution >= 0.6 is 0 Å². The lowest BCUT2D eigenvalue weighted by Crippen LogP contribution is -2.45. The number of nitro groups is 1. The minimum absolute atomic E-state index is 0.0574. The molecule has 0 aromatic heterocycles. The summed E-state index contributed by atoms with van der Waals surface area (Å²) in [4.78, 5) is 14.9. The Morgan fingerprint density at radius 2 is 2.16 bits per heavy atom. The first-order valence-corrected chi connectivity index (χ1v) is 6.43. The normalized spacial score (nSPS) is 19.7. The van der Waals surface area contributed by atoms with Crippen LogP contribution in [0.25, 0.3) is 0 Å². The Balaban J connectivity index is 2.23. The first-order valence-electron chi connectivity index (χ1n) is 6.43. The van der Waals surface area contributed by atoms with Crippen LogP contribution in [0.4, 0.5) is 17.1 Å². The lowest BCUT2D eigenvalue weighted by Gasteiger charge is -2.37. The van der Waals surface area contributed by atoms with Crippen molar-refractivity contribution < 1.29 is 4.92 Å².